The van der Waals surface area contributed by atoms with E-state index in [0.717, 1.165) is 0 Å². The summed E-state index contributed by atoms with van der Waals surface area (Å²) in [5, 5.41) is 0. The molecule has 0 bridgehead atoms. The minimum Gasteiger partial charge on any atom is -0.446 e. The van der Waals surface area contributed by atoms with E-state index < -0.39 is 6.10 Å². The van der Waals surface area contributed by atoms with Crippen LogP contribution in [0.1, 0.15) is 17.3 Å². The lowest BCUT2D eigenvalue weighted by Gasteiger charge is -2.06. The van der Waals surface area contributed by atoms with E-state index in [1.54, 1.807) is 24.3 Å². The second-order valence-electron chi connectivity index (χ2n) is 2.57. The summed E-state index contributed by atoms with van der Waals surface area (Å²) in [6.07, 6.45) is -0.764. The second-order valence-corrected chi connectivity index (χ2v) is 2.57. The predicted octanol–water partition coefficient (Wildman–Crippen LogP) is 1.34. The van der Waals surface area contributed by atoms with Gasteiger partial charge in [-0.2, -0.15) is 0 Å². The molecular weight excluding hydrogens is 168 g/mol. The molecule has 3 nitrogen and oxygen atoms in total. The third-order valence-corrected chi connectivity index (χ3v) is 1.65. The van der Waals surface area contributed by atoms with Gasteiger partial charge in [0.15, 0.2) is 6.10 Å². The highest BCUT2D eigenvalue weighted by Gasteiger charge is 2.15. The first-order valence-electron chi connectivity index (χ1n) is 3.87. The minimum atomic E-state index is -0.764. The molecule has 0 fully saturated rings. The third kappa shape index (κ3) is 2.40. The zero-order valence-electron chi connectivity index (χ0n) is 7.19. The molecule has 0 aromatic heterocycles. The Balaban J connectivity index is 2.73. The van der Waals surface area contributed by atoms with Gasteiger partial charge < -0.3 is 4.74 Å². The Bertz CT molecular complexity index is 292. The quantitative estimate of drug-likeness (QED) is 0.652. The van der Waals surface area contributed by atoms with Gasteiger partial charge in [0.1, 0.15) is 0 Å². The van der Waals surface area contributed by atoms with E-state index in [2.05, 4.69) is 4.74 Å². The molecule has 1 aromatic carbocycles. The van der Waals surface area contributed by atoms with Gasteiger partial charge in [-0.1, -0.05) is 30.3 Å². The lowest BCUT2D eigenvalue weighted by Crippen LogP contribution is -2.19. The Morgan fingerprint density at radius 3 is 2.54 bits per heavy atom. The van der Waals surface area contributed by atoms with Gasteiger partial charge in [-0.05, 0) is 6.92 Å². The van der Waals surface area contributed by atoms with Gasteiger partial charge in [0.25, 0.3) is 0 Å². The van der Waals surface area contributed by atoms with Crippen LogP contribution in [-0.4, -0.2) is 18.4 Å². The van der Waals surface area contributed by atoms with Crippen LogP contribution in [0.2, 0.25) is 0 Å². The molecule has 1 rings (SSSR count). The van der Waals surface area contributed by atoms with Crippen molar-refractivity contribution in [1.29, 1.82) is 0 Å². The molecule has 1 radical (unpaired) electrons. The van der Waals surface area contributed by atoms with E-state index in [-0.39, 0.29) is 5.78 Å². The van der Waals surface area contributed by atoms with Crippen LogP contribution in [0.3, 0.4) is 0 Å². The van der Waals surface area contributed by atoms with Gasteiger partial charge in [-0.3, -0.25) is 4.79 Å². The molecule has 0 aliphatic rings. The van der Waals surface area contributed by atoms with E-state index >= 15 is 0 Å². The van der Waals surface area contributed by atoms with Crippen molar-refractivity contribution < 1.29 is 14.3 Å². The zero-order valence-corrected chi connectivity index (χ0v) is 7.19. The summed E-state index contributed by atoms with van der Waals surface area (Å²) >= 11 is 0. The van der Waals surface area contributed by atoms with Gasteiger partial charge >= 0.3 is 6.47 Å². The fourth-order valence-corrected chi connectivity index (χ4v) is 0.963. The summed E-state index contributed by atoms with van der Waals surface area (Å²) < 4.78 is 4.40. The van der Waals surface area contributed by atoms with Crippen LogP contribution < -0.4 is 0 Å². The van der Waals surface area contributed by atoms with Crippen molar-refractivity contribution in [3.05, 3.63) is 35.9 Å². The average Bonchev–Trinajstić information content (AvgIpc) is 2.18. The first-order chi connectivity index (χ1) is 6.25. The van der Waals surface area contributed by atoms with E-state index in [1.807, 2.05) is 6.07 Å². The Labute approximate surface area is 76.3 Å². The molecule has 67 valence electrons. The molecule has 0 saturated carbocycles. The van der Waals surface area contributed by atoms with Crippen LogP contribution in [0.4, 0.5) is 0 Å². The second kappa shape index (κ2) is 4.40. The lowest BCUT2D eigenvalue weighted by atomic mass is 10.1. The summed E-state index contributed by atoms with van der Waals surface area (Å²) in [4.78, 5) is 21.3. The number of benzene rings is 1. The summed E-state index contributed by atoms with van der Waals surface area (Å²) in [7, 11) is 0. The topological polar surface area (TPSA) is 43.4 Å². The number of hydrogen-bond acceptors (Lipinski definition) is 3. The van der Waals surface area contributed by atoms with Crippen molar-refractivity contribution in [2.75, 3.05) is 0 Å². The third-order valence-electron chi connectivity index (χ3n) is 1.65. The molecule has 0 spiro atoms. The SMILES string of the molecule is CC(O[C]=O)C(=O)c1ccccc1. The zero-order chi connectivity index (χ0) is 9.68. The highest BCUT2D eigenvalue weighted by Crippen LogP contribution is 2.04. The number of ether oxygens (including phenoxy) is 1. The first kappa shape index (κ1) is 9.45. The maximum Gasteiger partial charge on any atom is 0.418 e. The number of ketones is 1. The molecule has 0 heterocycles. The minimum absolute atomic E-state index is 0.219. The first-order valence-corrected chi connectivity index (χ1v) is 3.87. The number of carbonyl (C=O) groups is 1. The fourth-order valence-electron chi connectivity index (χ4n) is 0.963. The summed E-state index contributed by atoms with van der Waals surface area (Å²) in [5.74, 6) is -0.219. The maximum atomic E-state index is 11.4. The van der Waals surface area contributed by atoms with Gasteiger partial charge in [0.2, 0.25) is 5.78 Å². The number of Topliss-reactive ketones (excluding diaryl/α,β-unsaturated/α-hetero) is 1. The molecular formula is C10H9O3. The van der Waals surface area contributed by atoms with Gasteiger partial charge in [-0.25, -0.2) is 4.79 Å². The highest BCUT2D eigenvalue weighted by atomic mass is 16.5. The number of hydrogen-bond donors (Lipinski definition) is 0. The van der Waals surface area contributed by atoms with Gasteiger partial charge in [0.05, 0.1) is 0 Å². The highest BCUT2D eigenvalue weighted by molar-refractivity contribution is 5.99. The number of rotatable bonds is 4. The largest absolute Gasteiger partial charge is 0.446 e. The molecule has 0 amide bonds. The fraction of sp³-hybridized carbons (Fsp3) is 0.200. The van der Waals surface area contributed by atoms with E-state index in [4.69, 9.17) is 0 Å². The van der Waals surface area contributed by atoms with Crippen molar-refractivity contribution in [2.45, 2.75) is 13.0 Å². The van der Waals surface area contributed by atoms with Crippen molar-refractivity contribution in [1.82, 2.24) is 0 Å². The molecule has 13 heavy (non-hydrogen) atoms. The normalized spacial score (nSPS) is 11.8. The molecule has 3 heteroatoms. The van der Waals surface area contributed by atoms with Crippen molar-refractivity contribution in [3.8, 4) is 0 Å². The summed E-state index contributed by atoms with van der Waals surface area (Å²) in [5.41, 5.74) is 0.533. The Kier molecular flexibility index (Phi) is 3.20. The average molecular weight is 177 g/mol. The Morgan fingerprint density at radius 2 is 2.00 bits per heavy atom. The van der Waals surface area contributed by atoms with Crippen molar-refractivity contribution in [2.24, 2.45) is 0 Å². The molecule has 1 unspecified atom stereocenters. The lowest BCUT2D eigenvalue weighted by molar-refractivity contribution is 0.0792. The van der Waals surface area contributed by atoms with Crippen LogP contribution in [-0.2, 0) is 9.53 Å². The molecule has 0 aliphatic heterocycles. The van der Waals surface area contributed by atoms with Crippen LogP contribution in [0, 0.1) is 0 Å². The number of carbonyl (C=O) groups excluding carboxylic acids is 2. The maximum absolute atomic E-state index is 11.4. The monoisotopic (exact) mass is 177 g/mol. The van der Waals surface area contributed by atoms with Crippen LogP contribution in [0.15, 0.2) is 30.3 Å². The molecule has 1 aromatic rings. The predicted molar refractivity (Wildman–Crippen MR) is 47.0 cm³/mol. The van der Waals surface area contributed by atoms with E-state index in [9.17, 15) is 9.59 Å². The molecule has 1 atom stereocenters. The van der Waals surface area contributed by atoms with E-state index in [1.165, 1.54) is 13.4 Å². The standard InChI is InChI=1S/C10H9O3/c1-8(13-7-11)10(12)9-5-3-2-4-6-9/h2-6,8H,1H3. The van der Waals surface area contributed by atoms with Gasteiger partial charge in [-0.15, -0.1) is 0 Å². The molecule has 0 saturated heterocycles. The summed E-state index contributed by atoms with van der Waals surface area (Å²) in [6.45, 7) is 2.76. The molecule has 0 N–H and O–H groups in total. The van der Waals surface area contributed by atoms with Crippen LogP contribution >= 0.6 is 0 Å². The van der Waals surface area contributed by atoms with Crippen LogP contribution in [0.5, 0.6) is 0 Å². The molecule has 0 aliphatic carbocycles. The van der Waals surface area contributed by atoms with Crippen molar-refractivity contribution >= 4 is 12.3 Å². The smallest absolute Gasteiger partial charge is 0.418 e. The Morgan fingerprint density at radius 1 is 1.38 bits per heavy atom. The van der Waals surface area contributed by atoms with Crippen LogP contribution in [0.25, 0.3) is 0 Å². The summed E-state index contributed by atoms with van der Waals surface area (Å²) in [6, 6.07) is 8.67. The van der Waals surface area contributed by atoms with E-state index in [0.29, 0.717) is 5.56 Å². The van der Waals surface area contributed by atoms with Gasteiger partial charge in [0, 0.05) is 5.56 Å². The Hall–Kier alpha value is -1.64. The van der Waals surface area contributed by atoms with Crippen molar-refractivity contribution in [3.63, 3.8) is 0 Å².